The Hall–Kier alpha value is -2.76. The maximum Gasteiger partial charge on any atom is 0.337 e. The van der Waals surface area contributed by atoms with Crippen molar-refractivity contribution < 1.29 is 24.2 Å². The summed E-state index contributed by atoms with van der Waals surface area (Å²) in [7, 11) is 0. The molecule has 0 atom stereocenters. The van der Waals surface area contributed by atoms with E-state index < -0.39 is 17.8 Å². The van der Waals surface area contributed by atoms with Crippen molar-refractivity contribution in [3.05, 3.63) is 53.5 Å². The molecule has 0 fully saturated rings. The van der Waals surface area contributed by atoms with E-state index in [4.69, 9.17) is 10.2 Å². The molecule has 0 saturated carbocycles. The molecule has 2 rings (SSSR count). The molecule has 0 amide bonds. The van der Waals surface area contributed by atoms with Gasteiger partial charge in [0.15, 0.2) is 0 Å². The first-order valence-electron chi connectivity index (χ1n) is 5.21. The lowest BCUT2D eigenvalue weighted by atomic mass is 10.1. The molecule has 0 unspecified atom stereocenters. The van der Waals surface area contributed by atoms with Crippen molar-refractivity contribution >= 4 is 11.9 Å². The zero-order valence-electron chi connectivity index (χ0n) is 9.50. The fourth-order valence-electron chi connectivity index (χ4n) is 1.55. The van der Waals surface area contributed by atoms with Crippen molar-refractivity contribution in [3.8, 4) is 11.3 Å². The zero-order valence-corrected chi connectivity index (χ0v) is 9.50. The summed E-state index contributed by atoms with van der Waals surface area (Å²) in [5.74, 6) is -3.06. The van der Waals surface area contributed by atoms with Crippen LogP contribution in [0, 0.1) is 5.82 Å². The molecular formula is C13H8FNO4. The summed E-state index contributed by atoms with van der Waals surface area (Å²) in [4.78, 5) is 25.4. The van der Waals surface area contributed by atoms with Crippen LogP contribution in [0.5, 0.6) is 0 Å². The standard InChI is InChI=1S/C13H8FNO4/c14-10-4-8(3-9(5-10)13(18)19)11-2-1-7(6-15-11)12(16)17/h1-6H,(H,16,17)(H,18,19). The van der Waals surface area contributed by atoms with Gasteiger partial charge in [-0.2, -0.15) is 0 Å². The smallest absolute Gasteiger partial charge is 0.337 e. The average Bonchev–Trinajstić information content (AvgIpc) is 2.38. The number of carbonyl (C=O) groups is 2. The van der Waals surface area contributed by atoms with Crippen LogP contribution in [0.4, 0.5) is 4.39 Å². The van der Waals surface area contributed by atoms with E-state index in [2.05, 4.69) is 4.98 Å². The van der Waals surface area contributed by atoms with Crippen molar-refractivity contribution in [2.24, 2.45) is 0 Å². The van der Waals surface area contributed by atoms with E-state index in [1.54, 1.807) is 0 Å². The van der Waals surface area contributed by atoms with E-state index in [-0.39, 0.29) is 16.7 Å². The number of aromatic carboxylic acids is 2. The number of nitrogens with zero attached hydrogens (tertiary/aromatic N) is 1. The highest BCUT2D eigenvalue weighted by molar-refractivity contribution is 5.90. The van der Waals surface area contributed by atoms with Crippen molar-refractivity contribution in [2.75, 3.05) is 0 Å². The van der Waals surface area contributed by atoms with Gasteiger partial charge in [-0.05, 0) is 30.3 Å². The highest BCUT2D eigenvalue weighted by atomic mass is 19.1. The number of rotatable bonds is 3. The third-order valence-electron chi connectivity index (χ3n) is 2.45. The van der Waals surface area contributed by atoms with Crippen molar-refractivity contribution in [2.45, 2.75) is 0 Å². The molecule has 6 heteroatoms. The van der Waals surface area contributed by atoms with Gasteiger partial charge in [-0.3, -0.25) is 4.98 Å². The molecule has 0 saturated heterocycles. The minimum absolute atomic E-state index is 0.00129. The van der Waals surface area contributed by atoms with Gasteiger partial charge < -0.3 is 10.2 Å². The Kier molecular flexibility index (Phi) is 3.24. The summed E-state index contributed by atoms with van der Waals surface area (Å²) in [5, 5.41) is 17.6. The van der Waals surface area contributed by atoms with Gasteiger partial charge in [0.05, 0.1) is 16.8 Å². The topological polar surface area (TPSA) is 87.5 Å². The van der Waals surface area contributed by atoms with Gasteiger partial charge >= 0.3 is 11.9 Å². The van der Waals surface area contributed by atoms with E-state index in [0.717, 1.165) is 18.3 Å². The number of hydrogen-bond donors (Lipinski definition) is 2. The molecule has 2 N–H and O–H groups in total. The maximum atomic E-state index is 13.3. The van der Waals surface area contributed by atoms with Crippen LogP contribution < -0.4 is 0 Å². The van der Waals surface area contributed by atoms with Gasteiger partial charge in [-0.1, -0.05) is 0 Å². The normalized spacial score (nSPS) is 10.2. The van der Waals surface area contributed by atoms with Crippen molar-refractivity contribution in [1.29, 1.82) is 0 Å². The van der Waals surface area contributed by atoms with Gasteiger partial charge in [0.2, 0.25) is 0 Å². The van der Waals surface area contributed by atoms with E-state index in [9.17, 15) is 14.0 Å². The Balaban J connectivity index is 2.46. The first-order chi connectivity index (χ1) is 8.97. The SMILES string of the molecule is O=C(O)c1ccc(-c2cc(F)cc(C(=O)O)c2)nc1. The van der Waals surface area contributed by atoms with E-state index in [0.29, 0.717) is 5.69 Å². The number of aromatic nitrogens is 1. The second-order valence-electron chi connectivity index (χ2n) is 3.77. The van der Waals surface area contributed by atoms with Gasteiger partial charge in [0, 0.05) is 11.8 Å². The predicted molar refractivity (Wildman–Crippen MR) is 63.5 cm³/mol. The molecule has 1 heterocycles. The molecule has 2 aromatic rings. The number of carboxylic acids is 2. The lowest BCUT2D eigenvalue weighted by molar-refractivity contribution is 0.0686. The molecule has 1 aromatic heterocycles. The minimum atomic E-state index is -1.25. The molecule has 96 valence electrons. The van der Waals surface area contributed by atoms with Crippen LogP contribution in [0.2, 0.25) is 0 Å². The first kappa shape index (κ1) is 12.7. The fourth-order valence-corrected chi connectivity index (χ4v) is 1.55. The number of hydrogen-bond acceptors (Lipinski definition) is 3. The van der Waals surface area contributed by atoms with Gasteiger partial charge in [0.25, 0.3) is 0 Å². The largest absolute Gasteiger partial charge is 0.478 e. The predicted octanol–water partition coefficient (Wildman–Crippen LogP) is 2.28. The third kappa shape index (κ3) is 2.74. The summed E-state index contributed by atoms with van der Waals surface area (Å²) in [6, 6.07) is 6.01. The molecule has 1 aromatic carbocycles. The lowest BCUT2D eigenvalue weighted by Gasteiger charge is -2.03. The van der Waals surface area contributed by atoms with Crippen LogP contribution in [0.3, 0.4) is 0 Å². The zero-order chi connectivity index (χ0) is 14.0. The highest BCUT2D eigenvalue weighted by Gasteiger charge is 2.10. The Morgan fingerprint density at radius 1 is 1.00 bits per heavy atom. The van der Waals surface area contributed by atoms with Gasteiger partial charge in [0.1, 0.15) is 5.82 Å². The second kappa shape index (κ2) is 4.85. The third-order valence-corrected chi connectivity index (χ3v) is 2.45. The molecule has 19 heavy (non-hydrogen) atoms. The Bertz CT molecular complexity index is 652. The fraction of sp³-hybridized carbons (Fsp3) is 0. The summed E-state index contributed by atoms with van der Waals surface area (Å²) >= 11 is 0. The monoisotopic (exact) mass is 261 g/mol. The molecule has 0 aliphatic rings. The number of benzene rings is 1. The quantitative estimate of drug-likeness (QED) is 0.884. The summed E-state index contributed by atoms with van der Waals surface area (Å²) in [5.41, 5.74) is 0.374. The summed E-state index contributed by atoms with van der Waals surface area (Å²) in [6.07, 6.45) is 1.13. The van der Waals surface area contributed by atoms with Crippen LogP contribution in [0.25, 0.3) is 11.3 Å². The Morgan fingerprint density at radius 3 is 2.21 bits per heavy atom. The molecule has 0 bridgehead atoms. The number of halogens is 1. The summed E-state index contributed by atoms with van der Waals surface area (Å²) < 4.78 is 13.3. The molecule has 0 aliphatic carbocycles. The first-order valence-corrected chi connectivity index (χ1v) is 5.21. The van der Waals surface area contributed by atoms with Gasteiger partial charge in [-0.25, -0.2) is 14.0 Å². The van der Waals surface area contributed by atoms with E-state index in [1.807, 2.05) is 0 Å². The Morgan fingerprint density at radius 2 is 1.68 bits per heavy atom. The molecule has 0 spiro atoms. The van der Waals surface area contributed by atoms with Crippen LogP contribution in [0.1, 0.15) is 20.7 Å². The second-order valence-corrected chi connectivity index (χ2v) is 3.77. The average molecular weight is 261 g/mol. The number of carboxylic acid groups (broad SMARTS) is 2. The molecule has 0 aliphatic heterocycles. The highest BCUT2D eigenvalue weighted by Crippen LogP contribution is 2.20. The van der Waals surface area contributed by atoms with Crippen LogP contribution in [0.15, 0.2) is 36.5 Å². The summed E-state index contributed by atoms with van der Waals surface area (Å²) in [6.45, 7) is 0. The minimum Gasteiger partial charge on any atom is -0.478 e. The van der Waals surface area contributed by atoms with Crippen LogP contribution >= 0.6 is 0 Å². The van der Waals surface area contributed by atoms with Crippen LogP contribution in [-0.2, 0) is 0 Å². The van der Waals surface area contributed by atoms with Crippen LogP contribution in [-0.4, -0.2) is 27.1 Å². The lowest BCUT2D eigenvalue weighted by Crippen LogP contribution is -1.99. The molecule has 5 nitrogen and oxygen atoms in total. The van der Waals surface area contributed by atoms with E-state index >= 15 is 0 Å². The van der Waals surface area contributed by atoms with E-state index in [1.165, 1.54) is 18.2 Å². The molecule has 0 radical (unpaired) electrons. The van der Waals surface area contributed by atoms with Crippen molar-refractivity contribution in [3.63, 3.8) is 0 Å². The van der Waals surface area contributed by atoms with Gasteiger partial charge in [-0.15, -0.1) is 0 Å². The number of pyridine rings is 1. The Labute approximate surface area is 107 Å². The van der Waals surface area contributed by atoms with Crippen molar-refractivity contribution in [1.82, 2.24) is 4.98 Å². The maximum absolute atomic E-state index is 13.3. The molecular weight excluding hydrogens is 253 g/mol.